The molecule has 0 aromatic heterocycles. The second kappa shape index (κ2) is 9.71. The van der Waals surface area contributed by atoms with Gasteiger partial charge in [-0.1, -0.05) is 66.2 Å². The Kier molecular flexibility index (Phi) is 6.06. The lowest BCUT2D eigenvalue weighted by Gasteiger charge is -2.39. The van der Waals surface area contributed by atoms with Crippen LogP contribution >= 0.6 is 11.6 Å². The van der Waals surface area contributed by atoms with Gasteiger partial charge < -0.3 is 15.0 Å². The van der Waals surface area contributed by atoms with Gasteiger partial charge in [0.15, 0.2) is 11.6 Å². The van der Waals surface area contributed by atoms with Gasteiger partial charge in [-0.2, -0.15) is 0 Å². The molecule has 3 heterocycles. The number of halogens is 1. The number of amides is 1. The van der Waals surface area contributed by atoms with Crippen molar-refractivity contribution in [2.24, 2.45) is 5.92 Å². The first kappa shape index (κ1) is 26.2. The average molecular weight is 575 g/mol. The van der Waals surface area contributed by atoms with Crippen molar-refractivity contribution in [3.63, 3.8) is 0 Å². The Labute approximate surface area is 248 Å². The van der Waals surface area contributed by atoms with Crippen LogP contribution in [0.4, 0.5) is 11.4 Å². The standard InChI is InChI=1S/C35H27ClN2O4/c1-20-18-29-35(26-11-4-5-12-27(26)37-34(35)41)30(32(39)21-14-16-23(36)17-15-21)31(38(29)28-13-6-3-10-25(20)28)33(40)22-8-7-9-24(19-22)42-2/h3-19,29-31H,1-2H3,(H,37,41)/t29-,30+,31-,35+/m0/s1. The summed E-state index contributed by atoms with van der Waals surface area (Å²) in [6, 6.07) is 27.3. The summed E-state index contributed by atoms with van der Waals surface area (Å²) < 4.78 is 5.44. The van der Waals surface area contributed by atoms with E-state index in [0.29, 0.717) is 33.1 Å². The quantitative estimate of drug-likeness (QED) is 0.272. The number of Topliss-reactive ketones (excluding diaryl/α,β-unsaturated/α-hetero) is 2. The molecule has 0 saturated carbocycles. The molecule has 3 aliphatic heterocycles. The third kappa shape index (κ3) is 3.61. The monoisotopic (exact) mass is 574 g/mol. The van der Waals surface area contributed by atoms with E-state index in [1.165, 1.54) is 0 Å². The molecule has 1 spiro atoms. The van der Waals surface area contributed by atoms with Gasteiger partial charge in [-0.15, -0.1) is 0 Å². The molecule has 6 nitrogen and oxygen atoms in total. The molecular weight excluding hydrogens is 548 g/mol. The molecule has 1 N–H and O–H groups in total. The van der Waals surface area contributed by atoms with Crippen molar-refractivity contribution in [2.45, 2.75) is 24.4 Å². The van der Waals surface area contributed by atoms with Crippen molar-refractivity contribution >= 4 is 46.0 Å². The smallest absolute Gasteiger partial charge is 0.238 e. The molecule has 4 atom stereocenters. The van der Waals surface area contributed by atoms with Crippen molar-refractivity contribution in [1.29, 1.82) is 0 Å². The van der Waals surface area contributed by atoms with Crippen LogP contribution in [0.2, 0.25) is 5.02 Å². The van der Waals surface area contributed by atoms with Crippen molar-refractivity contribution < 1.29 is 19.1 Å². The molecule has 7 rings (SSSR count). The Morgan fingerprint density at radius 3 is 2.40 bits per heavy atom. The van der Waals surface area contributed by atoms with Crippen LogP contribution in [-0.2, 0) is 10.2 Å². The number of fused-ring (bicyclic) bond motifs is 6. The first-order valence-electron chi connectivity index (χ1n) is 13.8. The SMILES string of the molecule is COc1cccc(C(=O)[C@@H]2[C@H](C(=O)c3ccc(Cl)cc3)[C@]3(C(=O)Nc4ccccc43)[C@@H]3C=C(C)c4ccccc4N23)c1. The van der Waals surface area contributed by atoms with E-state index in [4.69, 9.17) is 16.3 Å². The lowest BCUT2D eigenvalue weighted by molar-refractivity contribution is -0.121. The molecule has 1 amide bonds. The second-order valence-corrected chi connectivity index (χ2v) is 11.4. The highest BCUT2D eigenvalue weighted by Crippen LogP contribution is 2.58. The normalized spacial score (nSPS) is 23.5. The number of ketones is 2. The summed E-state index contributed by atoms with van der Waals surface area (Å²) in [4.78, 5) is 46.1. The zero-order valence-electron chi connectivity index (χ0n) is 23.0. The highest BCUT2D eigenvalue weighted by Gasteiger charge is 2.70. The number of ether oxygens (including phenoxy) is 1. The van der Waals surface area contributed by atoms with E-state index in [1.807, 2.05) is 66.4 Å². The number of allylic oxidation sites excluding steroid dienone is 1. The Hall–Kier alpha value is -4.68. The lowest BCUT2D eigenvalue weighted by atomic mass is 9.64. The Morgan fingerprint density at radius 1 is 0.881 bits per heavy atom. The number of nitrogens with one attached hydrogen (secondary N) is 1. The van der Waals surface area contributed by atoms with Crippen LogP contribution in [0.15, 0.2) is 103 Å². The predicted octanol–water partition coefficient (Wildman–Crippen LogP) is 6.59. The van der Waals surface area contributed by atoms with Crippen LogP contribution in [0.3, 0.4) is 0 Å². The van der Waals surface area contributed by atoms with Crippen LogP contribution in [0.5, 0.6) is 5.75 Å². The van der Waals surface area contributed by atoms with Crippen molar-refractivity contribution in [3.8, 4) is 5.75 Å². The molecule has 4 aromatic rings. The molecule has 1 saturated heterocycles. The van der Waals surface area contributed by atoms with Gasteiger partial charge in [0, 0.05) is 33.1 Å². The summed E-state index contributed by atoms with van der Waals surface area (Å²) in [6.45, 7) is 2.01. The summed E-state index contributed by atoms with van der Waals surface area (Å²) in [7, 11) is 1.55. The van der Waals surface area contributed by atoms with Crippen molar-refractivity contribution in [1.82, 2.24) is 0 Å². The molecule has 0 aliphatic carbocycles. The van der Waals surface area contributed by atoms with E-state index in [2.05, 4.69) is 5.32 Å². The summed E-state index contributed by atoms with van der Waals surface area (Å²) >= 11 is 6.19. The lowest BCUT2D eigenvalue weighted by Crippen LogP contribution is -2.51. The van der Waals surface area contributed by atoms with Gasteiger partial charge in [-0.3, -0.25) is 14.4 Å². The van der Waals surface area contributed by atoms with Crippen LogP contribution in [0, 0.1) is 5.92 Å². The summed E-state index contributed by atoms with van der Waals surface area (Å²) in [5.74, 6) is -1.37. The third-order valence-corrected chi connectivity index (χ3v) is 9.17. The van der Waals surface area contributed by atoms with E-state index in [9.17, 15) is 14.4 Å². The minimum absolute atomic E-state index is 0.261. The first-order chi connectivity index (χ1) is 20.4. The van der Waals surface area contributed by atoms with Gasteiger partial charge in [-0.05, 0) is 66.6 Å². The van der Waals surface area contributed by atoms with Crippen molar-refractivity contribution in [3.05, 3.63) is 130 Å². The maximum atomic E-state index is 14.8. The molecule has 7 heteroatoms. The van der Waals surface area contributed by atoms with E-state index in [0.717, 1.165) is 16.8 Å². The molecule has 4 aromatic carbocycles. The van der Waals surface area contributed by atoms with Crippen LogP contribution in [0.1, 0.15) is 38.8 Å². The van der Waals surface area contributed by atoms with E-state index in [1.54, 1.807) is 55.6 Å². The van der Waals surface area contributed by atoms with Gasteiger partial charge >= 0.3 is 0 Å². The fraction of sp³-hybridized carbons (Fsp3) is 0.171. The number of hydrogen-bond donors (Lipinski definition) is 1. The number of methoxy groups -OCH3 is 1. The van der Waals surface area contributed by atoms with Crippen LogP contribution in [-0.4, -0.2) is 36.7 Å². The molecule has 1 fully saturated rings. The molecule has 208 valence electrons. The summed E-state index contributed by atoms with van der Waals surface area (Å²) in [6.07, 6.45) is 2.05. The number of benzene rings is 4. The van der Waals surface area contributed by atoms with Crippen LogP contribution in [0.25, 0.3) is 5.57 Å². The van der Waals surface area contributed by atoms with E-state index < -0.39 is 23.4 Å². The van der Waals surface area contributed by atoms with Gasteiger partial charge in [0.1, 0.15) is 17.2 Å². The minimum atomic E-state index is -1.37. The molecule has 0 bridgehead atoms. The van der Waals surface area contributed by atoms with Gasteiger partial charge in [0.25, 0.3) is 0 Å². The fourth-order valence-electron chi connectivity index (χ4n) is 7.13. The number of carbonyl (C=O) groups is 3. The number of para-hydroxylation sites is 2. The number of nitrogens with zero attached hydrogens (tertiary/aromatic N) is 1. The van der Waals surface area contributed by atoms with Gasteiger partial charge in [0.2, 0.25) is 5.91 Å². The highest BCUT2D eigenvalue weighted by molar-refractivity contribution is 6.30. The van der Waals surface area contributed by atoms with Gasteiger partial charge in [0.05, 0.1) is 19.1 Å². The number of anilines is 2. The van der Waals surface area contributed by atoms with Gasteiger partial charge in [-0.25, -0.2) is 0 Å². The minimum Gasteiger partial charge on any atom is -0.497 e. The topological polar surface area (TPSA) is 75.7 Å². The average Bonchev–Trinajstić information content (AvgIpc) is 3.49. The summed E-state index contributed by atoms with van der Waals surface area (Å²) in [5, 5.41) is 3.56. The number of carbonyl (C=O) groups excluding carboxylic acids is 3. The molecule has 3 aliphatic rings. The second-order valence-electron chi connectivity index (χ2n) is 11.0. The Balaban J connectivity index is 1.55. The molecule has 42 heavy (non-hydrogen) atoms. The molecule has 0 radical (unpaired) electrons. The third-order valence-electron chi connectivity index (χ3n) is 8.92. The largest absolute Gasteiger partial charge is 0.497 e. The number of hydrogen-bond acceptors (Lipinski definition) is 5. The van der Waals surface area contributed by atoms with Crippen molar-refractivity contribution in [2.75, 3.05) is 17.3 Å². The maximum absolute atomic E-state index is 14.8. The summed E-state index contributed by atoms with van der Waals surface area (Å²) in [5.41, 5.74) is 3.53. The molecule has 0 unspecified atom stereocenters. The number of rotatable bonds is 5. The predicted molar refractivity (Wildman–Crippen MR) is 163 cm³/mol. The zero-order chi connectivity index (χ0) is 29.2. The fourth-order valence-corrected chi connectivity index (χ4v) is 7.25. The molecular formula is C35H27ClN2O4. The Bertz CT molecular complexity index is 1810. The first-order valence-corrected chi connectivity index (χ1v) is 14.2. The highest BCUT2D eigenvalue weighted by atomic mass is 35.5. The van der Waals surface area contributed by atoms with Crippen LogP contribution < -0.4 is 15.0 Å². The zero-order valence-corrected chi connectivity index (χ0v) is 23.8. The Morgan fingerprint density at radius 2 is 1.62 bits per heavy atom. The maximum Gasteiger partial charge on any atom is 0.238 e. The van der Waals surface area contributed by atoms with E-state index in [-0.39, 0.29) is 17.5 Å². The van der Waals surface area contributed by atoms with E-state index >= 15 is 0 Å².